The summed E-state index contributed by atoms with van der Waals surface area (Å²) in [5.41, 5.74) is 0.626. The van der Waals surface area contributed by atoms with Gasteiger partial charge >= 0.3 is 0 Å². The van der Waals surface area contributed by atoms with Crippen molar-refractivity contribution in [1.82, 2.24) is 0 Å². The molecule has 3 aromatic carbocycles. The maximum absolute atomic E-state index is 12.2. The minimum Gasteiger partial charge on any atom is -0.496 e. The molecule has 0 unspecified atom stereocenters. The first-order valence-electron chi connectivity index (χ1n) is 7.00. The lowest BCUT2D eigenvalue weighted by Gasteiger charge is -2.05. The lowest BCUT2D eigenvalue weighted by Crippen LogP contribution is -1.96. The first kappa shape index (κ1) is 15.1. The second-order valence-corrected chi connectivity index (χ2v) is 6.62. The van der Waals surface area contributed by atoms with Crippen LogP contribution in [0.1, 0.15) is 5.56 Å². The van der Waals surface area contributed by atoms with E-state index in [0.717, 1.165) is 16.5 Å². The molecule has 3 nitrogen and oxygen atoms in total. The predicted octanol–water partition coefficient (Wildman–Crippen LogP) is 3.63. The number of fused-ring (bicyclic) bond motifs is 1. The van der Waals surface area contributed by atoms with Gasteiger partial charge in [0.25, 0.3) is 0 Å². The summed E-state index contributed by atoms with van der Waals surface area (Å²) in [6.07, 6.45) is 0. The van der Waals surface area contributed by atoms with Crippen LogP contribution in [0, 0.1) is 11.2 Å². The van der Waals surface area contributed by atoms with Crippen LogP contribution < -0.4 is 4.74 Å². The van der Waals surface area contributed by atoms with E-state index in [4.69, 9.17) is 4.74 Å². The van der Waals surface area contributed by atoms with Crippen LogP contribution in [0.4, 0.5) is 0 Å². The predicted molar refractivity (Wildman–Crippen MR) is 91.0 cm³/mol. The molecular weight excluding hydrogens is 308 g/mol. The third-order valence-electron chi connectivity index (χ3n) is 3.45. The normalized spacial score (nSPS) is 10.8. The monoisotopic (exact) mass is 322 g/mol. The Morgan fingerprint density at radius 1 is 0.913 bits per heavy atom. The molecule has 4 heteroatoms. The molecule has 0 amide bonds. The fourth-order valence-electron chi connectivity index (χ4n) is 2.28. The smallest absolute Gasteiger partial charge is 0.245 e. The van der Waals surface area contributed by atoms with Crippen molar-refractivity contribution >= 4 is 20.6 Å². The lowest BCUT2D eigenvalue weighted by atomic mass is 10.1. The van der Waals surface area contributed by atoms with E-state index in [2.05, 4.69) is 11.2 Å². The van der Waals surface area contributed by atoms with Gasteiger partial charge in [-0.2, -0.15) is 0 Å². The van der Waals surface area contributed by atoms with Crippen molar-refractivity contribution in [1.29, 1.82) is 0 Å². The van der Waals surface area contributed by atoms with Crippen molar-refractivity contribution in [3.8, 4) is 16.9 Å². The zero-order valence-corrected chi connectivity index (χ0v) is 13.3. The molecule has 0 saturated heterocycles. The van der Waals surface area contributed by atoms with E-state index in [1.165, 1.54) is 12.1 Å². The molecule has 0 fully saturated rings. The number of hydrogen-bond acceptors (Lipinski definition) is 3. The third-order valence-corrected chi connectivity index (χ3v) is 4.71. The minimum atomic E-state index is -3.62. The summed E-state index contributed by atoms with van der Waals surface area (Å²) in [6.45, 7) is 0. The quantitative estimate of drug-likeness (QED) is 0.677. The highest BCUT2D eigenvalue weighted by Crippen LogP contribution is 2.26. The second-order valence-electron chi connectivity index (χ2n) is 4.94. The van der Waals surface area contributed by atoms with Gasteiger partial charge in [-0.3, -0.25) is 0 Å². The Kier molecular flexibility index (Phi) is 4.05. The van der Waals surface area contributed by atoms with Gasteiger partial charge in [0.2, 0.25) is 9.84 Å². The molecule has 0 N–H and O–H groups in total. The minimum absolute atomic E-state index is 0.200. The van der Waals surface area contributed by atoms with Crippen molar-refractivity contribution in [2.75, 3.05) is 7.11 Å². The molecule has 0 spiro atoms. The van der Waals surface area contributed by atoms with E-state index in [0.29, 0.717) is 5.56 Å². The Morgan fingerprint density at radius 3 is 2.43 bits per heavy atom. The summed E-state index contributed by atoms with van der Waals surface area (Å²) < 4.78 is 29.7. The molecule has 0 radical (unpaired) electrons. The second kappa shape index (κ2) is 6.15. The Balaban J connectivity index is 2.03. The van der Waals surface area contributed by atoms with E-state index in [9.17, 15) is 8.42 Å². The first-order chi connectivity index (χ1) is 11.1. The summed E-state index contributed by atoms with van der Waals surface area (Å²) in [5, 5.41) is 4.29. The highest BCUT2D eigenvalue weighted by molar-refractivity contribution is 7.96. The molecule has 23 heavy (non-hydrogen) atoms. The van der Waals surface area contributed by atoms with E-state index in [1.54, 1.807) is 31.4 Å². The summed E-state index contributed by atoms with van der Waals surface area (Å²) in [6, 6.07) is 19.5. The van der Waals surface area contributed by atoms with Crippen molar-refractivity contribution in [3.05, 3.63) is 72.3 Å². The van der Waals surface area contributed by atoms with E-state index >= 15 is 0 Å². The topological polar surface area (TPSA) is 43.4 Å². The SMILES string of the molecule is COc1cccc2ccc(C#CS(=O)(=O)c3ccccc3)cc12. The van der Waals surface area contributed by atoms with Gasteiger partial charge in [0.15, 0.2) is 0 Å². The lowest BCUT2D eigenvalue weighted by molar-refractivity contribution is 0.420. The standard InChI is InChI=1S/C19H14O3S/c1-22-19-9-5-6-16-11-10-15(14-18(16)19)12-13-23(20,21)17-7-3-2-4-8-17/h2-11,14H,1H3. The molecule has 0 heterocycles. The fourth-order valence-corrected chi connectivity index (χ4v) is 3.17. The molecule has 0 aromatic heterocycles. The third kappa shape index (κ3) is 3.20. The van der Waals surface area contributed by atoms with Gasteiger partial charge in [-0.15, -0.1) is 0 Å². The largest absolute Gasteiger partial charge is 0.496 e. The van der Waals surface area contributed by atoms with E-state index in [-0.39, 0.29) is 4.90 Å². The number of methoxy groups -OCH3 is 1. The highest BCUT2D eigenvalue weighted by Gasteiger charge is 2.09. The molecule has 114 valence electrons. The Hall–Kier alpha value is -2.77. The average molecular weight is 322 g/mol. The Labute approximate surface area is 135 Å². The van der Waals surface area contributed by atoms with Crippen molar-refractivity contribution in [2.45, 2.75) is 4.90 Å². The Morgan fingerprint density at radius 2 is 1.70 bits per heavy atom. The zero-order chi connectivity index (χ0) is 16.3. The molecular formula is C19H14O3S. The number of sulfone groups is 1. The van der Waals surface area contributed by atoms with Crippen LogP contribution >= 0.6 is 0 Å². The summed E-state index contributed by atoms with van der Waals surface area (Å²) >= 11 is 0. The number of benzene rings is 3. The molecule has 0 aliphatic rings. The molecule has 0 aliphatic carbocycles. The van der Waals surface area contributed by atoms with Gasteiger partial charge in [-0.25, -0.2) is 8.42 Å². The van der Waals surface area contributed by atoms with Crippen molar-refractivity contribution in [3.63, 3.8) is 0 Å². The van der Waals surface area contributed by atoms with Crippen LogP contribution in [0.15, 0.2) is 71.6 Å². The maximum Gasteiger partial charge on any atom is 0.245 e. The first-order valence-corrected chi connectivity index (χ1v) is 8.48. The van der Waals surface area contributed by atoms with Crippen LogP contribution in [0.3, 0.4) is 0 Å². The zero-order valence-electron chi connectivity index (χ0n) is 12.5. The van der Waals surface area contributed by atoms with Crippen LogP contribution in [-0.4, -0.2) is 15.5 Å². The molecule has 0 saturated carbocycles. The molecule has 3 rings (SSSR count). The molecule has 0 bridgehead atoms. The number of hydrogen-bond donors (Lipinski definition) is 0. The van der Waals surface area contributed by atoms with Gasteiger partial charge in [-0.1, -0.05) is 36.4 Å². The maximum atomic E-state index is 12.2. The Bertz CT molecular complexity index is 1010. The van der Waals surface area contributed by atoms with Crippen LogP contribution in [0.2, 0.25) is 0 Å². The van der Waals surface area contributed by atoms with Crippen LogP contribution in [-0.2, 0) is 9.84 Å². The van der Waals surface area contributed by atoms with Gasteiger partial charge in [0.1, 0.15) is 5.75 Å². The van der Waals surface area contributed by atoms with E-state index in [1.807, 2.05) is 30.3 Å². The van der Waals surface area contributed by atoms with Gasteiger partial charge in [0.05, 0.1) is 12.0 Å². The molecule has 0 atom stereocenters. The van der Waals surface area contributed by atoms with Crippen LogP contribution in [0.5, 0.6) is 5.75 Å². The summed E-state index contributed by atoms with van der Waals surface area (Å²) in [4.78, 5) is 0.200. The van der Waals surface area contributed by atoms with Crippen molar-refractivity contribution < 1.29 is 13.2 Å². The van der Waals surface area contributed by atoms with E-state index < -0.39 is 9.84 Å². The average Bonchev–Trinajstić information content (AvgIpc) is 2.60. The number of rotatable bonds is 2. The van der Waals surface area contributed by atoms with Gasteiger partial charge in [0, 0.05) is 16.2 Å². The number of ether oxygens (including phenoxy) is 1. The highest BCUT2D eigenvalue weighted by atomic mass is 32.2. The molecule has 0 aliphatic heterocycles. The summed E-state index contributed by atoms with van der Waals surface area (Å²) in [5.74, 6) is 3.47. The summed E-state index contributed by atoms with van der Waals surface area (Å²) in [7, 11) is -2.02. The van der Waals surface area contributed by atoms with Gasteiger partial charge < -0.3 is 4.74 Å². The van der Waals surface area contributed by atoms with Crippen molar-refractivity contribution in [2.24, 2.45) is 0 Å². The van der Waals surface area contributed by atoms with Gasteiger partial charge in [-0.05, 0) is 41.6 Å². The molecule has 3 aromatic rings. The fraction of sp³-hybridized carbons (Fsp3) is 0.0526. The van der Waals surface area contributed by atoms with Crippen LogP contribution in [0.25, 0.3) is 10.8 Å².